The van der Waals surface area contributed by atoms with Crippen molar-refractivity contribution in [1.82, 2.24) is 14.7 Å². The molecule has 0 spiro atoms. The summed E-state index contributed by atoms with van der Waals surface area (Å²) in [6.45, 7) is 3.96. The number of aromatic nitrogens is 2. The molecule has 10 nitrogen and oxygen atoms in total. The van der Waals surface area contributed by atoms with Crippen molar-refractivity contribution in [3.05, 3.63) is 73.6 Å². The number of rotatable bonds is 6. The van der Waals surface area contributed by atoms with Crippen LogP contribution in [0.3, 0.4) is 0 Å². The fraction of sp³-hybridized carbons (Fsp3) is 0.346. The highest BCUT2D eigenvalue weighted by Crippen LogP contribution is 2.37. The molecule has 0 saturated carbocycles. The van der Waals surface area contributed by atoms with Gasteiger partial charge < -0.3 is 15.0 Å². The zero-order valence-corrected chi connectivity index (χ0v) is 21.6. The van der Waals surface area contributed by atoms with E-state index in [0.29, 0.717) is 42.3 Å². The molecule has 1 N–H and O–H groups in total. The predicted octanol–water partition coefficient (Wildman–Crippen LogP) is 4.68. The van der Waals surface area contributed by atoms with Crippen molar-refractivity contribution in [1.29, 1.82) is 0 Å². The number of nitro groups is 1. The molecule has 2 heterocycles. The molecule has 3 aromatic rings. The minimum atomic E-state index is -4.78. The lowest BCUT2D eigenvalue weighted by Gasteiger charge is -2.26. The molecule has 2 aromatic carbocycles. The minimum absolute atomic E-state index is 0.0216. The number of ether oxygens (including phenoxy) is 1. The monoisotopic (exact) mass is 545 g/mol. The summed E-state index contributed by atoms with van der Waals surface area (Å²) in [6, 6.07) is 4.86. The third-order valence-corrected chi connectivity index (χ3v) is 6.70. The molecule has 1 atom stereocenters. The SMILES string of the molecule is COc1cc2c(=O)n(C)nc(NC(C)c3cc([N+](=O)[O-])cc(C(F)(F)F)c3)c2cc1C1=CCN(C(C)=O)CC1. The Kier molecular flexibility index (Phi) is 7.35. The third-order valence-electron chi connectivity index (χ3n) is 6.70. The van der Waals surface area contributed by atoms with Gasteiger partial charge in [0, 0.05) is 50.1 Å². The number of alkyl halides is 3. The lowest BCUT2D eigenvalue weighted by atomic mass is 9.96. The highest BCUT2D eigenvalue weighted by Gasteiger charge is 2.33. The van der Waals surface area contributed by atoms with Crippen molar-refractivity contribution in [2.45, 2.75) is 32.5 Å². The van der Waals surface area contributed by atoms with Crippen molar-refractivity contribution in [3.8, 4) is 5.75 Å². The number of nitrogens with zero attached hydrogens (tertiary/aromatic N) is 4. The zero-order chi connectivity index (χ0) is 28.6. The maximum absolute atomic E-state index is 13.4. The standard InChI is InChI=1S/C26H26F3N5O5/c1-14(17-9-18(26(27,28)29)11-19(10-17)34(37)38)30-24-21-12-20(16-5-7-33(8-6-16)15(2)35)23(39-4)13-22(21)25(36)32(3)31-24/h5,9-14H,6-8H2,1-4H3,(H,30,31). The molecule has 0 bridgehead atoms. The summed E-state index contributed by atoms with van der Waals surface area (Å²) >= 11 is 0. The quantitative estimate of drug-likeness (QED) is 0.353. The van der Waals surface area contributed by atoms with Crippen LogP contribution in [-0.2, 0) is 18.0 Å². The van der Waals surface area contributed by atoms with E-state index >= 15 is 0 Å². The first-order valence-corrected chi connectivity index (χ1v) is 12.0. The lowest BCUT2D eigenvalue weighted by Crippen LogP contribution is -2.32. The Hall–Kier alpha value is -4.42. The number of nitro benzene ring substituents is 1. The molecule has 1 amide bonds. The molecule has 206 valence electrons. The van der Waals surface area contributed by atoms with Crippen LogP contribution in [0.2, 0.25) is 0 Å². The van der Waals surface area contributed by atoms with E-state index in [1.54, 1.807) is 24.0 Å². The van der Waals surface area contributed by atoms with Gasteiger partial charge in [0.25, 0.3) is 11.2 Å². The summed E-state index contributed by atoms with van der Waals surface area (Å²) in [4.78, 5) is 36.8. The molecule has 39 heavy (non-hydrogen) atoms. The van der Waals surface area contributed by atoms with E-state index in [-0.39, 0.29) is 22.7 Å². The number of hydrogen-bond acceptors (Lipinski definition) is 7. The number of hydrogen-bond donors (Lipinski definition) is 1. The largest absolute Gasteiger partial charge is 0.496 e. The number of anilines is 1. The van der Waals surface area contributed by atoms with Gasteiger partial charge in [-0.1, -0.05) is 6.08 Å². The van der Waals surface area contributed by atoms with E-state index in [1.165, 1.54) is 21.1 Å². The Morgan fingerprint density at radius 1 is 1.21 bits per heavy atom. The van der Waals surface area contributed by atoms with Gasteiger partial charge >= 0.3 is 6.18 Å². The number of amides is 1. The molecule has 1 unspecified atom stereocenters. The molecule has 1 aromatic heterocycles. The summed E-state index contributed by atoms with van der Waals surface area (Å²) in [5, 5.41) is 19.3. The maximum Gasteiger partial charge on any atom is 0.416 e. The number of benzene rings is 2. The van der Waals surface area contributed by atoms with Crippen LogP contribution in [0.4, 0.5) is 24.7 Å². The van der Waals surface area contributed by atoms with Crippen LogP contribution in [-0.4, -0.2) is 45.7 Å². The van der Waals surface area contributed by atoms with Gasteiger partial charge in [-0.3, -0.25) is 19.7 Å². The molecule has 13 heteroatoms. The van der Waals surface area contributed by atoms with Crippen molar-refractivity contribution < 1.29 is 27.6 Å². The summed E-state index contributed by atoms with van der Waals surface area (Å²) in [5.74, 6) is 0.602. The molecule has 0 fully saturated rings. The van der Waals surface area contributed by atoms with E-state index < -0.39 is 34.0 Å². The number of non-ortho nitro benzene ring substituents is 1. The Labute approximate surface area is 220 Å². The van der Waals surface area contributed by atoms with Crippen molar-refractivity contribution in [2.24, 2.45) is 7.05 Å². The smallest absolute Gasteiger partial charge is 0.416 e. The number of carbonyl (C=O) groups is 1. The molecule has 0 saturated heterocycles. The van der Waals surface area contributed by atoms with Crippen LogP contribution < -0.4 is 15.6 Å². The number of nitrogens with one attached hydrogen (secondary N) is 1. The van der Waals surface area contributed by atoms with Crippen molar-refractivity contribution in [2.75, 3.05) is 25.5 Å². The van der Waals surface area contributed by atoms with Gasteiger partial charge in [-0.15, -0.1) is 0 Å². The molecule has 4 rings (SSSR count). The van der Waals surface area contributed by atoms with Crippen LogP contribution in [0.25, 0.3) is 16.3 Å². The fourth-order valence-electron chi connectivity index (χ4n) is 4.54. The van der Waals surface area contributed by atoms with E-state index in [1.807, 2.05) is 6.08 Å². The fourth-order valence-corrected chi connectivity index (χ4v) is 4.54. The van der Waals surface area contributed by atoms with Gasteiger partial charge in [0.05, 0.1) is 29.0 Å². The molecular formula is C26H26F3N5O5. The van der Waals surface area contributed by atoms with E-state index in [2.05, 4.69) is 10.4 Å². The van der Waals surface area contributed by atoms with E-state index in [4.69, 9.17) is 4.74 Å². The predicted molar refractivity (Wildman–Crippen MR) is 139 cm³/mol. The summed E-state index contributed by atoms with van der Waals surface area (Å²) in [7, 11) is 2.91. The maximum atomic E-state index is 13.4. The number of carbonyl (C=O) groups excluding carboxylic acids is 1. The molecule has 0 radical (unpaired) electrons. The lowest BCUT2D eigenvalue weighted by molar-refractivity contribution is -0.385. The molecule has 0 aliphatic carbocycles. The van der Waals surface area contributed by atoms with Gasteiger partial charge in [0.15, 0.2) is 5.82 Å². The highest BCUT2D eigenvalue weighted by atomic mass is 19.4. The minimum Gasteiger partial charge on any atom is -0.496 e. The van der Waals surface area contributed by atoms with Crippen LogP contribution in [0.1, 0.15) is 43.0 Å². The van der Waals surface area contributed by atoms with Gasteiger partial charge in [-0.25, -0.2) is 4.68 Å². The Morgan fingerprint density at radius 3 is 2.49 bits per heavy atom. The second-order valence-electron chi connectivity index (χ2n) is 9.25. The summed E-state index contributed by atoms with van der Waals surface area (Å²) in [6.07, 6.45) is -2.33. The summed E-state index contributed by atoms with van der Waals surface area (Å²) in [5.41, 5.74) is -0.637. The highest BCUT2D eigenvalue weighted by molar-refractivity contribution is 5.95. The Morgan fingerprint density at radius 2 is 1.92 bits per heavy atom. The first kappa shape index (κ1) is 27.6. The molecule has 1 aliphatic heterocycles. The second-order valence-corrected chi connectivity index (χ2v) is 9.25. The van der Waals surface area contributed by atoms with E-state index in [9.17, 15) is 32.9 Å². The van der Waals surface area contributed by atoms with Crippen molar-refractivity contribution >= 4 is 33.8 Å². The second kappa shape index (κ2) is 10.4. The van der Waals surface area contributed by atoms with E-state index in [0.717, 1.165) is 22.4 Å². The van der Waals surface area contributed by atoms with Gasteiger partial charge in [-0.05, 0) is 42.7 Å². The van der Waals surface area contributed by atoms with Crippen LogP contribution >= 0.6 is 0 Å². The first-order valence-electron chi connectivity index (χ1n) is 12.0. The van der Waals surface area contributed by atoms with Crippen LogP contribution in [0.15, 0.2) is 41.2 Å². The number of methoxy groups -OCH3 is 1. The average molecular weight is 546 g/mol. The number of aryl methyl sites for hydroxylation is 1. The summed E-state index contributed by atoms with van der Waals surface area (Å²) < 4.78 is 47.0. The van der Waals surface area contributed by atoms with Crippen LogP contribution in [0.5, 0.6) is 5.75 Å². The molecular weight excluding hydrogens is 519 g/mol. The first-order chi connectivity index (χ1) is 18.3. The Balaban J connectivity index is 1.82. The zero-order valence-electron chi connectivity index (χ0n) is 21.6. The van der Waals surface area contributed by atoms with Gasteiger partial charge in [0.1, 0.15) is 5.75 Å². The average Bonchev–Trinajstić information content (AvgIpc) is 2.90. The third kappa shape index (κ3) is 5.56. The normalized spacial score (nSPS) is 14.6. The topological polar surface area (TPSA) is 120 Å². The van der Waals surface area contributed by atoms with Crippen LogP contribution in [0, 0.1) is 10.1 Å². The van der Waals surface area contributed by atoms with Gasteiger partial charge in [-0.2, -0.15) is 18.3 Å². The Bertz CT molecular complexity index is 1560. The number of halogens is 3. The number of fused-ring (bicyclic) bond motifs is 1. The molecule has 1 aliphatic rings. The van der Waals surface area contributed by atoms with Crippen molar-refractivity contribution in [3.63, 3.8) is 0 Å². The van der Waals surface area contributed by atoms with Gasteiger partial charge in [0.2, 0.25) is 5.91 Å².